The number of amides is 1. The van der Waals surface area contributed by atoms with Crippen molar-refractivity contribution < 1.29 is 18.0 Å². The number of halogens is 3. The highest BCUT2D eigenvalue weighted by Gasteiger charge is 2.33. The van der Waals surface area contributed by atoms with E-state index in [1.54, 1.807) is 6.92 Å². The number of fused-ring (bicyclic) bond motifs is 1. The number of benzene rings is 1. The maximum absolute atomic E-state index is 12.1. The highest BCUT2D eigenvalue weighted by molar-refractivity contribution is 5.81. The summed E-state index contributed by atoms with van der Waals surface area (Å²) in [5.41, 5.74) is 1.89. The summed E-state index contributed by atoms with van der Waals surface area (Å²) in [6.45, 7) is 0.518. The third-order valence-electron chi connectivity index (χ3n) is 3.24. The summed E-state index contributed by atoms with van der Waals surface area (Å²) in [7, 11) is 0. The molecule has 1 aromatic rings. The molecular formula is C13H15F3N2O. The highest BCUT2D eigenvalue weighted by atomic mass is 19.4. The molecule has 1 heterocycles. The van der Waals surface area contributed by atoms with Crippen molar-refractivity contribution in [1.29, 1.82) is 0 Å². The van der Waals surface area contributed by atoms with Crippen molar-refractivity contribution in [1.82, 2.24) is 5.32 Å². The first-order valence-corrected chi connectivity index (χ1v) is 6.06. The van der Waals surface area contributed by atoms with Crippen molar-refractivity contribution in [3.05, 3.63) is 29.8 Å². The van der Waals surface area contributed by atoms with E-state index in [9.17, 15) is 18.0 Å². The zero-order chi connectivity index (χ0) is 14.0. The smallest absolute Gasteiger partial charge is 0.382 e. The van der Waals surface area contributed by atoms with Crippen LogP contribution in [0.25, 0.3) is 0 Å². The number of alkyl halides is 3. The van der Waals surface area contributed by atoms with Crippen LogP contribution < -0.4 is 10.6 Å². The van der Waals surface area contributed by atoms with Crippen LogP contribution in [0, 0.1) is 5.92 Å². The summed E-state index contributed by atoms with van der Waals surface area (Å²) in [6, 6.07) is 7.31. The second-order valence-corrected chi connectivity index (χ2v) is 4.73. The maximum Gasteiger partial charge on any atom is 0.405 e. The molecule has 2 unspecified atom stereocenters. The van der Waals surface area contributed by atoms with E-state index >= 15 is 0 Å². The van der Waals surface area contributed by atoms with Gasteiger partial charge in [0.1, 0.15) is 6.54 Å². The zero-order valence-corrected chi connectivity index (χ0v) is 10.4. The Labute approximate surface area is 109 Å². The summed E-state index contributed by atoms with van der Waals surface area (Å²) in [4.78, 5) is 11.8. The van der Waals surface area contributed by atoms with E-state index in [0.29, 0.717) is 6.42 Å². The first-order chi connectivity index (χ1) is 8.87. The number of para-hydroxylation sites is 1. The lowest BCUT2D eigenvalue weighted by Crippen LogP contribution is -2.45. The van der Waals surface area contributed by atoms with Gasteiger partial charge in [-0.05, 0) is 25.0 Å². The molecule has 0 spiro atoms. The van der Waals surface area contributed by atoms with Gasteiger partial charge in [-0.2, -0.15) is 13.2 Å². The fourth-order valence-electron chi connectivity index (χ4n) is 2.24. The molecule has 0 fully saturated rings. The van der Waals surface area contributed by atoms with Gasteiger partial charge in [0.25, 0.3) is 0 Å². The van der Waals surface area contributed by atoms with Crippen LogP contribution in [0.1, 0.15) is 12.5 Å². The van der Waals surface area contributed by atoms with Crippen LogP contribution in [0.5, 0.6) is 0 Å². The first kappa shape index (κ1) is 13.7. The van der Waals surface area contributed by atoms with Crippen LogP contribution in [-0.4, -0.2) is 24.7 Å². The number of carbonyl (C=O) groups excluding carboxylic acids is 1. The van der Waals surface area contributed by atoms with Gasteiger partial charge in [0.15, 0.2) is 0 Å². The van der Waals surface area contributed by atoms with Crippen molar-refractivity contribution in [2.24, 2.45) is 5.92 Å². The van der Waals surface area contributed by atoms with Crippen LogP contribution in [-0.2, 0) is 11.2 Å². The SMILES string of the molecule is CC1Nc2ccccc2CC1C(=O)NCC(F)(F)F. The molecule has 2 N–H and O–H groups in total. The number of hydrogen-bond acceptors (Lipinski definition) is 2. The number of anilines is 1. The Morgan fingerprint density at radius 3 is 2.79 bits per heavy atom. The van der Waals surface area contributed by atoms with E-state index < -0.39 is 24.5 Å². The minimum Gasteiger partial charge on any atom is -0.382 e. The lowest BCUT2D eigenvalue weighted by atomic mass is 9.87. The van der Waals surface area contributed by atoms with Gasteiger partial charge in [-0.15, -0.1) is 0 Å². The van der Waals surface area contributed by atoms with E-state index in [-0.39, 0.29) is 6.04 Å². The van der Waals surface area contributed by atoms with Gasteiger partial charge in [-0.3, -0.25) is 4.79 Å². The van der Waals surface area contributed by atoms with E-state index in [1.807, 2.05) is 29.6 Å². The summed E-state index contributed by atoms with van der Waals surface area (Å²) in [5, 5.41) is 5.10. The third kappa shape index (κ3) is 3.39. The Bertz CT molecular complexity index is 473. The van der Waals surface area contributed by atoms with Crippen molar-refractivity contribution in [2.75, 3.05) is 11.9 Å². The quantitative estimate of drug-likeness (QED) is 0.867. The Kier molecular flexibility index (Phi) is 3.68. The lowest BCUT2D eigenvalue weighted by Gasteiger charge is -2.31. The monoisotopic (exact) mass is 272 g/mol. The molecule has 1 amide bonds. The second kappa shape index (κ2) is 5.11. The number of hydrogen-bond donors (Lipinski definition) is 2. The fraction of sp³-hybridized carbons (Fsp3) is 0.462. The summed E-state index contributed by atoms with van der Waals surface area (Å²) < 4.78 is 36.3. The number of rotatable bonds is 2. The van der Waals surface area contributed by atoms with Gasteiger partial charge in [0, 0.05) is 11.7 Å². The van der Waals surface area contributed by atoms with Gasteiger partial charge in [-0.1, -0.05) is 18.2 Å². The van der Waals surface area contributed by atoms with Crippen LogP contribution in [0.3, 0.4) is 0 Å². The van der Waals surface area contributed by atoms with Crippen LogP contribution in [0.4, 0.5) is 18.9 Å². The number of carbonyl (C=O) groups is 1. The average molecular weight is 272 g/mol. The topological polar surface area (TPSA) is 41.1 Å². The molecule has 2 atom stereocenters. The Balaban J connectivity index is 2.04. The van der Waals surface area contributed by atoms with Crippen molar-refractivity contribution >= 4 is 11.6 Å². The summed E-state index contributed by atoms with van der Waals surface area (Å²) in [5.74, 6) is -1.05. The minimum atomic E-state index is -4.38. The lowest BCUT2D eigenvalue weighted by molar-refractivity contribution is -0.141. The van der Waals surface area contributed by atoms with Crippen molar-refractivity contribution in [3.8, 4) is 0 Å². The van der Waals surface area contributed by atoms with E-state index in [1.165, 1.54) is 0 Å². The number of nitrogens with one attached hydrogen (secondary N) is 2. The molecule has 1 aliphatic rings. The van der Waals surface area contributed by atoms with Crippen LogP contribution in [0.15, 0.2) is 24.3 Å². The molecule has 104 valence electrons. The van der Waals surface area contributed by atoms with Gasteiger partial charge in [-0.25, -0.2) is 0 Å². The predicted molar refractivity (Wildman–Crippen MR) is 65.8 cm³/mol. The standard InChI is InChI=1S/C13H15F3N2O/c1-8-10(12(19)17-7-13(14,15)16)6-9-4-2-3-5-11(9)18-8/h2-5,8,10,18H,6-7H2,1H3,(H,17,19). The molecule has 0 saturated heterocycles. The molecule has 2 rings (SSSR count). The van der Waals surface area contributed by atoms with E-state index in [0.717, 1.165) is 11.3 Å². The predicted octanol–water partition coefficient (Wildman–Crippen LogP) is 2.34. The summed E-state index contributed by atoms with van der Waals surface area (Å²) >= 11 is 0. The molecular weight excluding hydrogens is 257 g/mol. The van der Waals surface area contributed by atoms with Crippen LogP contribution in [0.2, 0.25) is 0 Å². The van der Waals surface area contributed by atoms with E-state index in [4.69, 9.17) is 0 Å². The molecule has 0 radical (unpaired) electrons. The molecule has 1 aliphatic heterocycles. The molecule has 19 heavy (non-hydrogen) atoms. The largest absolute Gasteiger partial charge is 0.405 e. The van der Waals surface area contributed by atoms with E-state index in [2.05, 4.69) is 5.32 Å². The average Bonchev–Trinajstić information content (AvgIpc) is 2.34. The summed E-state index contributed by atoms with van der Waals surface area (Å²) in [6.07, 6.45) is -3.92. The maximum atomic E-state index is 12.1. The Hall–Kier alpha value is -1.72. The molecule has 0 saturated carbocycles. The first-order valence-electron chi connectivity index (χ1n) is 6.06. The molecule has 0 bridgehead atoms. The van der Waals surface area contributed by atoms with Crippen molar-refractivity contribution in [2.45, 2.75) is 25.6 Å². The Morgan fingerprint density at radius 1 is 1.42 bits per heavy atom. The molecule has 1 aromatic carbocycles. The molecule has 0 aromatic heterocycles. The minimum absolute atomic E-state index is 0.192. The molecule has 0 aliphatic carbocycles. The van der Waals surface area contributed by atoms with Gasteiger partial charge >= 0.3 is 6.18 Å². The van der Waals surface area contributed by atoms with Gasteiger partial charge < -0.3 is 10.6 Å². The fourth-order valence-corrected chi connectivity index (χ4v) is 2.24. The molecule has 3 nitrogen and oxygen atoms in total. The van der Waals surface area contributed by atoms with Gasteiger partial charge in [0.2, 0.25) is 5.91 Å². The zero-order valence-electron chi connectivity index (χ0n) is 10.4. The highest BCUT2D eigenvalue weighted by Crippen LogP contribution is 2.28. The van der Waals surface area contributed by atoms with Gasteiger partial charge in [0.05, 0.1) is 5.92 Å². The molecule has 6 heteroatoms. The van der Waals surface area contributed by atoms with Crippen molar-refractivity contribution in [3.63, 3.8) is 0 Å². The normalized spacial score (nSPS) is 22.3. The Morgan fingerprint density at radius 2 is 2.11 bits per heavy atom. The second-order valence-electron chi connectivity index (χ2n) is 4.73. The third-order valence-corrected chi connectivity index (χ3v) is 3.24. The van der Waals surface area contributed by atoms with Crippen LogP contribution >= 0.6 is 0 Å².